The lowest BCUT2D eigenvalue weighted by Crippen LogP contribution is -2.27. The van der Waals surface area contributed by atoms with Crippen LogP contribution < -0.4 is 11.0 Å². The van der Waals surface area contributed by atoms with Crippen LogP contribution in [0.1, 0.15) is 18.4 Å². The number of aromatic nitrogens is 2. The number of carbonyl (C=O) groups excluding carboxylic acids is 1. The summed E-state index contributed by atoms with van der Waals surface area (Å²) in [5.41, 5.74) is 2.22. The molecule has 1 saturated carbocycles. The maximum Gasteiger partial charge on any atom is 0.323 e. The van der Waals surface area contributed by atoms with Crippen LogP contribution in [-0.4, -0.2) is 15.9 Å². The van der Waals surface area contributed by atoms with Crippen molar-refractivity contribution in [2.75, 3.05) is 5.32 Å². The van der Waals surface area contributed by atoms with Gasteiger partial charge in [0.25, 0.3) is 0 Å². The Morgan fingerprint density at radius 1 is 1.09 bits per heavy atom. The van der Waals surface area contributed by atoms with Crippen molar-refractivity contribution in [2.45, 2.75) is 18.3 Å². The van der Waals surface area contributed by atoms with Crippen molar-refractivity contribution < 1.29 is 4.79 Å². The molecule has 23 heavy (non-hydrogen) atoms. The van der Waals surface area contributed by atoms with Crippen molar-refractivity contribution in [3.8, 4) is 0 Å². The molecule has 6 heteroatoms. The average Bonchev–Trinajstić information content (AvgIpc) is 3.24. The molecule has 116 valence electrons. The van der Waals surface area contributed by atoms with E-state index in [1.165, 1.54) is 0 Å². The summed E-state index contributed by atoms with van der Waals surface area (Å²) >= 11 is 6.04. The predicted octanol–water partition coefficient (Wildman–Crippen LogP) is 3.18. The van der Waals surface area contributed by atoms with Gasteiger partial charge in [0.1, 0.15) is 0 Å². The molecule has 1 aliphatic carbocycles. The number of benzene rings is 2. The van der Waals surface area contributed by atoms with Gasteiger partial charge >= 0.3 is 5.69 Å². The Hall–Kier alpha value is -2.53. The zero-order valence-electron chi connectivity index (χ0n) is 12.2. The van der Waals surface area contributed by atoms with Crippen LogP contribution in [0.4, 0.5) is 5.69 Å². The number of anilines is 1. The fourth-order valence-electron chi connectivity index (χ4n) is 2.92. The molecule has 1 aliphatic rings. The molecule has 1 amide bonds. The third-order valence-electron chi connectivity index (χ3n) is 4.34. The normalized spacial score (nSPS) is 15.5. The van der Waals surface area contributed by atoms with Crippen LogP contribution in [-0.2, 0) is 10.2 Å². The summed E-state index contributed by atoms with van der Waals surface area (Å²) in [5, 5.41) is 3.58. The van der Waals surface area contributed by atoms with Gasteiger partial charge in [0.15, 0.2) is 0 Å². The number of rotatable bonds is 3. The molecular weight excluding hydrogens is 314 g/mol. The number of hydrogen-bond donors (Lipinski definition) is 3. The molecule has 0 unspecified atom stereocenters. The topological polar surface area (TPSA) is 77.8 Å². The van der Waals surface area contributed by atoms with Crippen LogP contribution in [0.25, 0.3) is 11.0 Å². The van der Waals surface area contributed by atoms with E-state index in [-0.39, 0.29) is 11.6 Å². The second-order valence-corrected chi connectivity index (χ2v) is 6.32. The van der Waals surface area contributed by atoms with Gasteiger partial charge in [-0.25, -0.2) is 4.79 Å². The second-order valence-electron chi connectivity index (χ2n) is 5.89. The molecule has 0 aliphatic heterocycles. The van der Waals surface area contributed by atoms with Crippen LogP contribution in [0.5, 0.6) is 0 Å². The lowest BCUT2D eigenvalue weighted by molar-refractivity contribution is -0.118. The van der Waals surface area contributed by atoms with Gasteiger partial charge in [0.05, 0.1) is 16.4 Å². The highest BCUT2D eigenvalue weighted by Gasteiger charge is 2.51. The highest BCUT2D eigenvalue weighted by molar-refractivity contribution is 6.30. The van der Waals surface area contributed by atoms with E-state index in [9.17, 15) is 9.59 Å². The molecule has 0 radical (unpaired) electrons. The first-order chi connectivity index (χ1) is 11.1. The van der Waals surface area contributed by atoms with Crippen molar-refractivity contribution in [3.63, 3.8) is 0 Å². The standard InChI is InChI=1S/C17H14ClN3O2/c18-11-3-1-2-10(8-11)17(6-7-17)15(22)19-12-4-5-13-14(9-12)21-16(23)20-13/h1-5,8-9H,6-7H2,(H,19,22)(H2,20,21,23). The Kier molecular flexibility index (Phi) is 3.06. The fourth-order valence-corrected chi connectivity index (χ4v) is 3.11. The largest absolute Gasteiger partial charge is 0.325 e. The van der Waals surface area contributed by atoms with E-state index in [1.807, 2.05) is 18.2 Å². The van der Waals surface area contributed by atoms with Gasteiger partial charge in [0, 0.05) is 10.7 Å². The SMILES string of the molecule is O=C(Nc1ccc2[nH]c(=O)[nH]c2c1)C1(c2cccc(Cl)c2)CC1. The Morgan fingerprint density at radius 3 is 2.61 bits per heavy atom. The molecule has 3 aromatic rings. The van der Waals surface area contributed by atoms with Crippen LogP contribution in [0.3, 0.4) is 0 Å². The van der Waals surface area contributed by atoms with Crippen molar-refractivity contribution in [1.29, 1.82) is 0 Å². The number of hydrogen-bond acceptors (Lipinski definition) is 2. The minimum atomic E-state index is -0.495. The first-order valence-corrected chi connectivity index (χ1v) is 7.74. The molecule has 0 saturated heterocycles. The van der Waals surface area contributed by atoms with Gasteiger partial charge in [-0.15, -0.1) is 0 Å². The smallest absolute Gasteiger partial charge is 0.323 e. The van der Waals surface area contributed by atoms with E-state index in [0.29, 0.717) is 21.7 Å². The van der Waals surface area contributed by atoms with Gasteiger partial charge in [-0.3, -0.25) is 4.79 Å². The summed E-state index contributed by atoms with van der Waals surface area (Å²) in [7, 11) is 0. The number of imidazole rings is 1. The number of aromatic amines is 2. The van der Waals surface area contributed by atoms with E-state index >= 15 is 0 Å². The van der Waals surface area contributed by atoms with Crippen molar-refractivity contribution in [1.82, 2.24) is 9.97 Å². The first-order valence-electron chi connectivity index (χ1n) is 7.36. The van der Waals surface area contributed by atoms with Crippen LogP contribution in [0, 0.1) is 0 Å². The molecule has 1 aromatic heterocycles. The summed E-state index contributed by atoms with van der Waals surface area (Å²) in [6.07, 6.45) is 1.62. The lowest BCUT2D eigenvalue weighted by Gasteiger charge is -2.16. The number of nitrogens with one attached hydrogen (secondary N) is 3. The minimum absolute atomic E-state index is 0.0444. The number of carbonyl (C=O) groups is 1. The maximum atomic E-state index is 12.7. The molecule has 0 atom stereocenters. The third kappa shape index (κ3) is 2.43. The molecule has 2 aromatic carbocycles. The Balaban J connectivity index is 1.62. The molecule has 0 spiro atoms. The van der Waals surface area contributed by atoms with Crippen LogP contribution >= 0.6 is 11.6 Å². The van der Waals surface area contributed by atoms with Crippen molar-refractivity contribution >= 4 is 34.2 Å². The Labute approximate surface area is 136 Å². The van der Waals surface area contributed by atoms with Crippen LogP contribution in [0.15, 0.2) is 47.3 Å². The fraction of sp³-hybridized carbons (Fsp3) is 0.176. The molecule has 1 fully saturated rings. The van der Waals surface area contributed by atoms with E-state index < -0.39 is 5.41 Å². The van der Waals surface area contributed by atoms with Gasteiger partial charge < -0.3 is 15.3 Å². The van der Waals surface area contributed by atoms with E-state index in [2.05, 4.69) is 15.3 Å². The number of H-pyrrole nitrogens is 2. The van der Waals surface area contributed by atoms with Gasteiger partial charge in [-0.2, -0.15) is 0 Å². The lowest BCUT2D eigenvalue weighted by atomic mass is 9.95. The van der Waals surface area contributed by atoms with E-state index in [1.54, 1.807) is 24.3 Å². The summed E-state index contributed by atoms with van der Waals surface area (Å²) in [5.74, 6) is -0.0444. The predicted molar refractivity (Wildman–Crippen MR) is 89.9 cm³/mol. The minimum Gasteiger partial charge on any atom is -0.325 e. The summed E-state index contributed by atoms with van der Waals surface area (Å²) < 4.78 is 0. The van der Waals surface area contributed by atoms with E-state index in [4.69, 9.17) is 11.6 Å². The van der Waals surface area contributed by atoms with Crippen LogP contribution in [0.2, 0.25) is 5.02 Å². The molecular formula is C17H14ClN3O2. The maximum absolute atomic E-state index is 12.7. The van der Waals surface area contributed by atoms with E-state index in [0.717, 1.165) is 18.4 Å². The molecule has 1 heterocycles. The van der Waals surface area contributed by atoms with Gasteiger partial charge in [0.2, 0.25) is 5.91 Å². The zero-order chi connectivity index (χ0) is 16.0. The quantitative estimate of drug-likeness (QED) is 0.691. The van der Waals surface area contributed by atoms with Crippen molar-refractivity contribution in [2.24, 2.45) is 0 Å². The summed E-state index contributed by atoms with van der Waals surface area (Å²) in [6.45, 7) is 0. The average molecular weight is 328 g/mol. The van der Waals surface area contributed by atoms with Crippen molar-refractivity contribution in [3.05, 3.63) is 63.5 Å². The highest BCUT2D eigenvalue weighted by atomic mass is 35.5. The third-order valence-corrected chi connectivity index (χ3v) is 4.57. The molecule has 3 N–H and O–H groups in total. The Bertz CT molecular complexity index is 969. The van der Waals surface area contributed by atoms with Gasteiger partial charge in [-0.1, -0.05) is 23.7 Å². The molecule has 0 bridgehead atoms. The number of amides is 1. The second kappa shape index (κ2) is 4.99. The molecule has 5 nitrogen and oxygen atoms in total. The summed E-state index contributed by atoms with van der Waals surface area (Å²) in [6, 6.07) is 12.7. The zero-order valence-corrected chi connectivity index (χ0v) is 12.9. The first kappa shape index (κ1) is 14.1. The van der Waals surface area contributed by atoms with Gasteiger partial charge in [-0.05, 0) is 48.7 Å². The monoisotopic (exact) mass is 327 g/mol. The number of halogens is 1. The number of fused-ring (bicyclic) bond motifs is 1. The molecule has 4 rings (SSSR count). The summed E-state index contributed by atoms with van der Waals surface area (Å²) in [4.78, 5) is 29.4. The highest BCUT2D eigenvalue weighted by Crippen LogP contribution is 2.49. The Morgan fingerprint density at radius 2 is 1.87 bits per heavy atom.